The van der Waals surface area contributed by atoms with Crippen molar-refractivity contribution in [3.8, 4) is 5.75 Å². The Labute approximate surface area is 167 Å². The van der Waals surface area contributed by atoms with Gasteiger partial charge in [-0.1, -0.05) is 17.7 Å². The lowest BCUT2D eigenvalue weighted by Gasteiger charge is -2.23. The summed E-state index contributed by atoms with van der Waals surface area (Å²) in [6, 6.07) is 8.09. The van der Waals surface area contributed by atoms with Crippen LogP contribution in [0.25, 0.3) is 0 Å². The molecule has 1 N–H and O–H groups in total. The number of hydrogen-bond acceptors (Lipinski definition) is 3. The number of guanidine groups is 1. The molecule has 0 saturated carbocycles. The lowest BCUT2D eigenvalue weighted by Crippen LogP contribution is -2.42. The van der Waals surface area contributed by atoms with Crippen LogP contribution >= 0.6 is 24.0 Å². The minimum absolute atomic E-state index is 0. The van der Waals surface area contributed by atoms with E-state index in [0.717, 1.165) is 23.8 Å². The SMILES string of the molecule is CN=C(NCC(C)Oc1ccc(C)cc1)N(C)Cc1cnn(C)c1.I. The monoisotopic (exact) mass is 457 g/mol. The van der Waals surface area contributed by atoms with E-state index in [1.807, 2.05) is 45.5 Å². The highest BCUT2D eigenvalue weighted by Crippen LogP contribution is 2.13. The molecule has 0 amide bonds. The van der Waals surface area contributed by atoms with E-state index in [1.165, 1.54) is 5.56 Å². The minimum Gasteiger partial charge on any atom is -0.489 e. The second-order valence-electron chi connectivity index (χ2n) is 6.05. The van der Waals surface area contributed by atoms with Crippen molar-refractivity contribution in [2.24, 2.45) is 12.0 Å². The Hall–Kier alpha value is -1.77. The topological polar surface area (TPSA) is 54.7 Å². The van der Waals surface area contributed by atoms with Crippen LogP contribution in [-0.4, -0.2) is 47.4 Å². The zero-order chi connectivity index (χ0) is 17.5. The van der Waals surface area contributed by atoms with Crippen molar-refractivity contribution in [1.29, 1.82) is 0 Å². The van der Waals surface area contributed by atoms with E-state index in [2.05, 4.69) is 39.4 Å². The molecule has 0 spiro atoms. The normalized spacial score (nSPS) is 12.3. The molecule has 1 heterocycles. The smallest absolute Gasteiger partial charge is 0.193 e. The van der Waals surface area contributed by atoms with Crippen molar-refractivity contribution in [1.82, 2.24) is 20.0 Å². The van der Waals surface area contributed by atoms with E-state index in [1.54, 1.807) is 11.7 Å². The third-order valence-electron chi connectivity index (χ3n) is 3.66. The van der Waals surface area contributed by atoms with Crippen LogP contribution in [0.5, 0.6) is 5.75 Å². The first-order valence-electron chi connectivity index (χ1n) is 8.10. The van der Waals surface area contributed by atoms with Crippen LogP contribution in [0.1, 0.15) is 18.1 Å². The Bertz CT molecular complexity index is 668. The van der Waals surface area contributed by atoms with E-state index in [9.17, 15) is 0 Å². The summed E-state index contributed by atoms with van der Waals surface area (Å²) in [5.41, 5.74) is 2.37. The molecule has 0 aliphatic heterocycles. The van der Waals surface area contributed by atoms with Gasteiger partial charge in [-0.3, -0.25) is 9.67 Å². The molecule has 1 atom stereocenters. The van der Waals surface area contributed by atoms with Gasteiger partial charge in [0.15, 0.2) is 5.96 Å². The molecule has 0 aliphatic carbocycles. The largest absolute Gasteiger partial charge is 0.489 e. The van der Waals surface area contributed by atoms with Crippen molar-refractivity contribution in [2.45, 2.75) is 26.5 Å². The first-order chi connectivity index (χ1) is 11.5. The molecule has 0 saturated heterocycles. The first kappa shape index (κ1) is 21.3. The van der Waals surface area contributed by atoms with Crippen LogP contribution in [0.2, 0.25) is 0 Å². The van der Waals surface area contributed by atoms with Crippen molar-refractivity contribution >= 4 is 29.9 Å². The minimum atomic E-state index is 0. The van der Waals surface area contributed by atoms with Crippen molar-refractivity contribution < 1.29 is 4.74 Å². The number of nitrogens with one attached hydrogen (secondary N) is 1. The molecule has 1 aromatic heterocycles. The van der Waals surface area contributed by atoms with Gasteiger partial charge in [-0.05, 0) is 26.0 Å². The molecular weight excluding hydrogens is 429 g/mol. The Balaban J connectivity index is 0.00000312. The molecule has 138 valence electrons. The third-order valence-corrected chi connectivity index (χ3v) is 3.66. The van der Waals surface area contributed by atoms with Gasteiger partial charge < -0.3 is 15.0 Å². The summed E-state index contributed by atoms with van der Waals surface area (Å²) < 4.78 is 7.72. The number of ether oxygens (including phenoxy) is 1. The molecule has 1 unspecified atom stereocenters. The van der Waals surface area contributed by atoms with Crippen LogP contribution in [0.3, 0.4) is 0 Å². The lowest BCUT2D eigenvalue weighted by molar-refractivity contribution is 0.222. The van der Waals surface area contributed by atoms with Crippen molar-refractivity contribution in [3.05, 3.63) is 47.8 Å². The lowest BCUT2D eigenvalue weighted by atomic mass is 10.2. The molecular formula is C18H28IN5O. The third kappa shape index (κ3) is 6.93. The highest BCUT2D eigenvalue weighted by atomic mass is 127. The predicted molar refractivity (Wildman–Crippen MR) is 113 cm³/mol. The predicted octanol–water partition coefficient (Wildman–Crippen LogP) is 2.82. The number of aromatic nitrogens is 2. The number of hydrogen-bond donors (Lipinski definition) is 1. The average Bonchev–Trinajstić information content (AvgIpc) is 2.95. The number of aryl methyl sites for hydroxylation is 2. The molecule has 0 bridgehead atoms. The summed E-state index contributed by atoms with van der Waals surface area (Å²) in [5.74, 6) is 1.71. The fourth-order valence-electron chi connectivity index (χ4n) is 2.41. The highest BCUT2D eigenvalue weighted by molar-refractivity contribution is 14.0. The Morgan fingerprint density at radius 2 is 2.04 bits per heavy atom. The second kappa shape index (κ2) is 10.3. The van der Waals surface area contributed by atoms with Gasteiger partial charge in [-0.25, -0.2) is 0 Å². The van der Waals surface area contributed by atoms with Crippen LogP contribution in [0.15, 0.2) is 41.7 Å². The maximum absolute atomic E-state index is 5.92. The van der Waals surface area contributed by atoms with Crippen LogP contribution in [0.4, 0.5) is 0 Å². The van der Waals surface area contributed by atoms with E-state index >= 15 is 0 Å². The summed E-state index contributed by atoms with van der Waals surface area (Å²) in [4.78, 5) is 6.40. The van der Waals surface area contributed by atoms with E-state index in [4.69, 9.17) is 4.74 Å². The summed E-state index contributed by atoms with van der Waals surface area (Å²) in [5, 5.41) is 7.54. The summed E-state index contributed by atoms with van der Waals surface area (Å²) in [6.45, 7) is 5.54. The molecule has 6 nitrogen and oxygen atoms in total. The van der Waals surface area contributed by atoms with Crippen LogP contribution < -0.4 is 10.1 Å². The highest BCUT2D eigenvalue weighted by Gasteiger charge is 2.10. The Morgan fingerprint density at radius 3 is 2.60 bits per heavy atom. The zero-order valence-corrected chi connectivity index (χ0v) is 17.9. The van der Waals surface area contributed by atoms with Gasteiger partial charge in [0, 0.05) is 39.4 Å². The second-order valence-corrected chi connectivity index (χ2v) is 6.05. The summed E-state index contributed by atoms with van der Waals surface area (Å²) in [7, 11) is 5.71. The van der Waals surface area contributed by atoms with E-state index < -0.39 is 0 Å². The Morgan fingerprint density at radius 1 is 1.36 bits per heavy atom. The molecule has 0 radical (unpaired) electrons. The first-order valence-corrected chi connectivity index (χ1v) is 8.10. The van der Waals surface area contributed by atoms with Gasteiger partial charge in [-0.2, -0.15) is 5.10 Å². The molecule has 0 fully saturated rings. The fraction of sp³-hybridized carbons (Fsp3) is 0.444. The maximum Gasteiger partial charge on any atom is 0.193 e. The molecule has 2 rings (SSSR count). The van der Waals surface area contributed by atoms with Gasteiger partial charge in [0.05, 0.1) is 12.7 Å². The number of nitrogens with zero attached hydrogens (tertiary/aromatic N) is 4. The zero-order valence-electron chi connectivity index (χ0n) is 15.6. The van der Waals surface area contributed by atoms with Gasteiger partial charge >= 0.3 is 0 Å². The average molecular weight is 457 g/mol. The van der Waals surface area contributed by atoms with E-state index in [0.29, 0.717) is 6.54 Å². The number of halogens is 1. The standard InChI is InChI=1S/C18H27N5O.HI/c1-14-6-8-17(9-7-14)24-15(2)10-20-18(19-3)22(4)12-16-11-21-23(5)13-16;/h6-9,11,13,15H,10,12H2,1-5H3,(H,19,20);1H. The molecule has 7 heteroatoms. The molecule has 25 heavy (non-hydrogen) atoms. The fourth-order valence-corrected chi connectivity index (χ4v) is 2.41. The summed E-state index contributed by atoms with van der Waals surface area (Å²) in [6.07, 6.45) is 3.91. The van der Waals surface area contributed by atoms with Crippen LogP contribution in [0, 0.1) is 6.92 Å². The molecule has 1 aromatic carbocycles. The van der Waals surface area contributed by atoms with Crippen LogP contribution in [-0.2, 0) is 13.6 Å². The van der Waals surface area contributed by atoms with Crippen molar-refractivity contribution in [2.75, 3.05) is 20.6 Å². The molecule has 2 aromatic rings. The Kier molecular flexibility index (Phi) is 8.74. The maximum atomic E-state index is 5.92. The van der Waals surface area contributed by atoms with Gasteiger partial charge in [0.2, 0.25) is 0 Å². The van der Waals surface area contributed by atoms with Gasteiger partial charge in [0.25, 0.3) is 0 Å². The summed E-state index contributed by atoms with van der Waals surface area (Å²) >= 11 is 0. The van der Waals surface area contributed by atoms with Gasteiger partial charge in [0.1, 0.15) is 11.9 Å². The number of aliphatic imine (C=N–C) groups is 1. The number of benzene rings is 1. The quantitative estimate of drug-likeness (QED) is 0.412. The van der Waals surface area contributed by atoms with Crippen molar-refractivity contribution in [3.63, 3.8) is 0 Å². The molecule has 0 aliphatic rings. The number of rotatable bonds is 6. The van der Waals surface area contributed by atoms with Gasteiger partial charge in [-0.15, -0.1) is 24.0 Å². The van der Waals surface area contributed by atoms with E-state index in [-0.39, 0.29) is 30.1 Å².